The molecule has 1 aromatic carbocycles. The zero-order chi connectivity index (χ0) is 18.5. The van der Waals surface area contributed by atoms with Crippen LogP contribution in [0, 0.1) is 0 Å². The van der Waals surface area contributed by atoms with Crippen LogP contribution in [0.5, 0.6) is 0 Å². The lowest BCUT2D eigenvalue weighted by Gasteiger charge is -2.08. The molecule has 9 heteroatoms. The smallest absolute Gasteiger partial charge is 0.267 e. The van der Waals surface area contributed by atoms with Gasteiger partial charge in [-0.3, -0.25) is 4.79 Å². The molecule has 0 spiro atoms. The Hall–Kier alpha value is -2.07. The van der Waals surface area contributed by atoms with Crippen molar-refractivity contribution in [2.45, 2.75) is 10.7 Å². The molecule has 6 nitrogen and oxygen atoms in total. The molecule has 0 saturated carbocycles. The van der Waals surface area contributed by atoms with Crippen LogP contribution in [0.15, 0.2) is 53.6 Å². The van der Waals surface area contributed by atoms with Crippen LogP contribution < -0.4 is 10.9 Å². The van der Waals surface area contributed by atoms with E-state index in [9.17, 15) is 9.18 Å². The Balaban J connectivity index is 1.80. The van der Waals surface area contributed by atoms with Gasteiger partial charge in [0.15, 0.2) is 4.18 Å². The molecule has 3 rings (SSSR count). The van der Waals surface area contributed by atoms with Crippen LogP contribution >= 0.6 is 34.2 Å². The molecule has 1 unspecified atom stereocenters. The minimum atomic E-state index is -1.02. The first-order chi connectivity index (χ1) is 12.5. The van der Waals surface area contributed by atoms with Crippen LogP contribution in [-0.2, 0) is 6.54 Å². The number of hydrogen-bond acceptors (Lipinski definition) is 5. The van der Waals surface area contributed by atoms with E-state index in [0.29, 0.717) is 28.8 Å². The minimum Gasteiger partial charge on any atom is -0.350 e. The van der Waals surface area contributed by atoms with Gasteiger partial charge in [-0.2, -0.15) is 5.10 Å². The highest BCUT2D eigenvalue weighted by molar-refractivity contribution is 14.1. The number of anilines is 1. The predicted octanol–water partition coefficient (Wildman–Crippen LogP) is 3.54. The van der Waals surface area contributed by atoms with Gasteiger partial charge in [0.25, 0.3) is 5.56 Å². The Bertz CT molecular complexity index is 931. The number of nitrogens with zero attached hydrogens (tertiary/aromatic N) is 4. The van der Waals surface area contributed by atoms with E-state index in [0.717, 1.165) is 5.56 Å². The van der Waals surface area contributed by atoms with Gasteiger partial charge in [-0.15, -0.1) is 0 Å². The first kappa shape index (κ1) is 18.7. The molecule has 0 fully saturated rings. The summed E-state index contributed by atoms with van der Waals surface area (Å²) < 4.78 is 13.2. The summed E-state index contributed by atoms with van der Waals surface area (Å²) in [7, 11) is 0. The van der Waals surface area contributed by atoms with Gasteiger partial charge in [0.05, 0.1) is 18.8 Å². The van der Waals surface area contributed by atoms with Crippen molar-refractivity contribution in [2.24, 2.45) is 0 Å². The van der Waals surface area contributed by atoms with E-state index in [2.05, 4.69) is 20.4 Å². The van der Waals surface area contributed by atoms with Gasteiger partial charge >= 0.3 is 0 Å². The number of benzene rings is 1. The van der Waals surface area contributed by atoms with Crippen molar-refractivity contribution in [1.82, 2.24) is 19.7 Å². The molecular formula is C17H14ClFIN5O. The quantitative estimate of drug-likeness (QED) is 0.427. The third-order valence-electron chi connectivity index (χ3n) is 3.47. The third-order valence-corrected chi connectivity index (χ3v) is 4.17. The number of rotatable bonds is 6. The lowest BCUT2D eigenvalue weighted by atomic mass is 10.2. The van der Waals surface area contributed by atoms with Crippen molar-refractivity contribution < 1.29 is 4.39 Å². The Kier molecular flexibility index (Phi) is 6.15. The fourth-order valence-corrected chi connectivity index (χ4v) is 2.55. The van der Waals surface area contributed by atoms with Crippen LogP contribution in [0.4, 0.5) is 10.3 Å². The molecule has 3 aromatic rings. The summed E-state index contributed by atoms with van der Waals surface area (Å²) in [5.74, 6) is 0.336. The average Bonchev–Trinajstić information content (AvgIpc) is 2.64. The molecular weight excluding hydrogens is 472 g/mol. The van der Waals surface area contributed by atoms with Crippen LogP contribution in [0.2, 0.25) is 5.02 Å². The van der Waals surface area contributed by atoms with Gasteiger partial charge in [0.1, 0.15) is 0 Å². The average molecular weight is 486 g/mol. The van der Waals surface area contributed by atoms with Crippen molar-refractivity contribution >= 4 is 40.1 Å². The fraction of sp³-hybridized carbons (Fsp3) is 0.176. The Morgan fingerprint density at radius 3 is 2.50 bits per heavy atom. The zero-order valence-electron chi connectivity index (χ0n) is 13.4. The molecule has 0 aliphatic heterocycles. The van der Waals surface area contributed by atoms with Gasteiger partial charge in [-0.1, -0.05) is 23.7 Å². The maximum atomic E-state index is 12.8. The standard InChI is InChI=1S/C17H14ClFIN5O/c18-13-3-1-11(2-4-13)10-25-16(26)6-5-14(24-25)12-7-21-17(22-8-12)23-9-15(19)20/h1-8,15H,9-10H2,(H,21,22,23). The fourth-order valence-electron chi connectivity index (χ4n) is 2.20. The van der Waals surface area contributed by atoms with Crippen LogP contribution in [-0.4, -0.2) is 30.5 Å². The zero-order valence-corrected chi connectivity index (χ0v) is 16.4. The maximum absolute atomic E-state index is 12.8. The Labute approximate surface area is 167 Å². The summed E-state index contributed by atoms with van der Waals surface area (Å²) >= 11 is 7.55. The maximum Gasteiger partial charge on any atom is 0.267 e. The molecule has 134 valence electrons. The molecule has 0 aliphatic carbocycles. The second-order valence-corrected chi connectivity index (χ2v) is 7.20. The Morgan fingerprint density at radius 1 is 1.15 bits per heavy atom. The molecule has 0 saturated heterocycles. The first-order valence-corrected chi connectivity index (χ1v) is 9.30. The topological polar surface area (TPSA) is 72.7 Å². The molecule has 26 heavy (non-hydrogen) atoms. The highest BCUT2D eigenvalue weighted by atomic mass is 127. The summed E-state index contributed by atoms with van der Waals surface area (Å²) in [6, 6.07) is 10.3. The van der Waals surface area contributed by atoms with Gasteiger partial charge in [-0.25, -0.2) is 19.0 Å². The predicted molar refractivity (Wildman–Crippen MR) is 107 cm³/mol. The first-order valence-electron chi connectivity index (χ1n) is 7.68. The van der Waals surface area contributed by atoms with E-state index in [4.69, 9.17) is 11.6 Å². The van der Waals surface area contributed by atoms with Crippen molar-refractivity contribution in [1.29, 1.82) is 0 Å². The summed E-state index contributed by atoms with van der Waals surface area (Å²) in [5.41, 5.74) is 1.93. The molecule has 0 bridgehead atoms. The van der Waals surface area contributed by atoms with Gasteiger partial charge in [0, 0.05) is 29.0 Å². The minimum absolute atomic E-state index is 0.129. The summed E-state index contributed by atoms with van der Waals surface area (Å²) in [6.45, 7) is 0.460. The molecule has 2 aromatic heterocycles. The van der Waals surface area contributed by atoms with E-state index in [-0.39, 0.29) is 12.1 Å². The van der Waals surface area contributed by atoms with E-state index in [1.807, 2.05) is 12.1 Å². The van der Waals surface area contributed by atoms with Crippen LogP contribution in [0.3, 0.4) is 0 Å². The number of alkyl halides is 2. The van der Waals surface area contributed by atoms with Crippen molar-refractivity contribution in [3.8, 4) is 11.3 Å². The lowest BCUT2D eigenvalue weighted by Crippen LogP contribution is -2.22. The van der Waals surface area contributed by atoms with Crippen molar-refractivity contribution in [2.75, 3.05) is 11.9 Å². The second-order valence-electron chi connectivity index (χ2n) is 5.41. The Morgan fingerprint density at radius 2 is 1.85 bits per heavy atom. The number of halogens is 3. The van der Waals surface area contributed by atoms with Crippen LogP contribution in [0.1, 0.15) is 5.56 Å². The normalized spacial score (nSPS) is 12.0. The van der Waals surface area contributed by atoms with Gasteiger partial charge in [-0.05, 0) is 46.4 Å². The van der Waals surface area contributed by atoms with Crippen molar-refractivity contribution in [3.05, 3.63) is 69.7 Å². The highest BCUT2D eigenvalue weighted by Gasteiger charge is 2.07. The van der Waals surface area contributed by atoms with Gasteiger partial charge < -0.3 is 5.32 Å². The van der Waals surface area contributed by atoms with E-state index in [1.54, 1.807) is 53.2 Å². The monoisotopic (exact) mass is 485 g/mol. The lowest BCUT2D eigenvalue weighted by molar-refractivity contribution is 0.488. The molecule has 0 aliphatic rings. The number of hydrogen-bond donors (Lipinski definition) is 1. The molecule has 0 amide bonds. The molecule has 1 N–H and O–H groups in total. The molecule has 0 radical (unpaired) electrons. The second kappa shape index (κ2) is 8.54. The SMILES string of the molecule is O=c1ccc(-c2cnc(NCC(F)I)nc2)nn1Cc1ccc(Cl)cc1. The van der Waals surface area contributed by atoms with Gasteiger partial charge in [0.2, 0.25) is 5.95 Å². The van der Waals surface area contributed by atoms with Crippen molar-refractivity contribution in [3.63, 3.8) is 0 Å². The third kappa shape index (κ3) is 4.98. The number of nitrogens with one attached hydrogen (secondary N) is 1. The molecule has 1 atom stereocenters. The number of aromatic nitrogens is 4. The summed E-state index contributed by atoms with van der Waals surface area (Å²) in [5, 5.41) is 7.80. The highest BCUT2D eigenvalue weighted by Crippen LogP contribution is 2.15. The van der Waals surface area contributed by atoms with Crippen LogP contribution in [0.25, 0.3) is 11.3 Å². The largest absolute Gasteiger partial charge is 0.350 e. The summed E-state index contributed by atoms with van der Waals surface area (Å²) in [4.78, 5) is 20.4. The van der Waals surface area contributed by atoms with E-state index in [1.165, 1.54) is 10.7 Å². The van der Waals surface area contributed by atoms with E-state index < -0.39 is 4.18 Å². The van der Waals surface area contributed by atoms with E-state index >= 15 is 0 Å². The molecule has 2 heterocycles. The summed E-state index contributed by atoms with van der Waals surface area (Å²) in [6.07, 6.45) is 3.16.